The smallest absolute Gasteiger partial charge is 0.451 e. The minimum Gasteiger partial charge on any atom is -0.466 e. The Balaban J connectivity index is 2.17. The molecule has 214 valence electrons. The van der Waals surface area contributed by atoms with E-state index in [1.165, 1.54) is 6.92 Å². The van der Waals surface area contributed by atoms with Crippen LogP contribution in [0.3, 0.4) is 0 Å². The minimum atomic E-state index is -5.41. The predicted molar refractivity (Wildman–Crippen MR) is 121 cm³/mol. The van der Waals surface area contributed by atoms with E-state index < -0.39 is 74.2 Å². The first-order chi connectivity index (χ1) is 17.9. The van der Waals surface area contributed by atoms with E-state index in [0.29, 0.717) is 29.7 Å². The van der Waals surface area contributed by atoms with E-state index >= 15 is 0 Å². The Labute approximate surface area is 223 Å². The summed E-state index contributed by atoms with van der Waals surface area (Å²) in [5, 5.41) is 3.89. The van der Waals surface area contributed by atoms with Gasteiger partial charge in [0.2, 0.25) is 5.82 Å². The molecule has 0 atom stereocenters. The van der Waals surface area contributed by atoms with Crippen LogP contribution >= 0.6 is 23.2 Å². The molecular weight excluding hydrogens is 596 g/mol. The summed E-state index contributed by atoms with van der Waals surface area (Å²) >= 11 is 12.0. The van der Waals surface area contributed by atoms with Crippen LogP contribution in [0.5, 0.6) is 0 Å². The van der Waals surface area contributed by atoms with E-state index in [0.717, 1.165) is 0 Å². The fourth-order valence-corrected chi connectivity index (χ4v) is 4.05. The van der Waals surface area contributed by atoms with E-state index in [1.54, 1.807) is 0 Å². The number of hydrogen-bond donors (Lipinski definition) is 1. The molecule has 1 N–H and O–H groups in total. The van der Waals surface area contributed by atoms with Gasteiger partial charge in [-0.15, -0.1) is 5.10 Å². The first-order valence-corrected chi connectivity index (χ1v) is 11.6. The van der Waals surface area contributed by atoms with Crippen LogP contribution in [0.4, 0.5) is 45.3 Å². The molecule has 0 aliphatic heterocycles. The number of anilines is 1. The highest BCUT2D eigenvalue weighted by Crippen LogP contribution is 2.43. The van der Waals surface area contributed by atoms with Crippen molar-refractivity contribution in [3.8, 4) is 5.69 Å². The Morgan fingerprint density at radius 1 is 0.923 bits per heavy atom. The zero-order valence-corrected chi connectivity index (χ0v) is 21.0. The maximum atomic E-state index is 13.9. The van der Waals surface area contributed by atoms with Crippen LogP contribution in [-0.4, -0.2) is 38.9 Å². The van der Waals surface area contributed by atoms with Crippen molar-refractivity contribution >= 4 is 46.0 Å². The molecule has 0 aliphatic rings. The minimum absolute atomic E-state index is 0.0826. The second-order valence-electron chi connectivity index (χ2n) is 7.96. The average Bonchev–Trinajstić information content (AvgIpc) is 3.13. The van der Waals surface area contributed by atoms with Crippen LogP contribution in [0.1, 0.15) is 43.3 Å². The van der Waals surface area contributed by atoms with Crippen molar-refractivity contribution in [3.63, 3.8) is 0 Å². The van der Waals surface area contributed by atoms with Gasteiger partial charge in [0.25, 0.3) is 0 Å². The van der Waals surface area contributed by atoms with E-state index in [2.05, 4.69) is 20.4 Å². The van der Waals surface area contributed by atoms with Gasteiger partial charge >= 0.3 is 24.5 Å². The number of benzene rings is 1. The zero-order chi connectivity index (χ0) is 29.3. The number of rotatable bonds is 8. The lowest BCUT2D eigenvalue weighted by Crippen LogP contribution is -2.18. The number of halogens is 11. The van der Waals surface area contributed by atoms with Gasteiger partial charge in [-0.3, -0.25) is 4.79 Å². The quantitative estimate of drug-likeness (QED) is 0.163. The molecule has 3 aromatic rings. The standard InChI is InChI=1S/C21H16Cl2F9N5O2/c1-9(38)39-6-4-2-3-5-33-17-13-15(20(27,28)29)34-18(21(30,31)32)35-16(13)36-37(17)14-11(22)7-10(8-12(14)23)19(24,25)26/h7-8,33H,2-6H2,1H3. The first kappa shape index (κ1) is 30.5. The number of esters is 1. The number of ether oxygens (including phenoxy) is 1. The van der Waals surface area contributed by atoms with Crippen LogP contribution in [-0.2, 0) is 28.1 Å². The fourth-order valence-electron chi connectivity index (χ4n) is 3.40. The molecule has 0 unspecified atom stereocenters. The molecule has 7 nitrogen and oxygen atoms in total. The number of nitrogens with zero attached hydrogens (tertiary/aromatic N) is 4. The predicted octanol–water partition coefficient (Wildman–Crippen LogP) is 7.32. The molecule has 0 saturated carbocycles. The molecule has 0 bridgehead atoms. The molecular formula is C21H16Cl2F9N5O2. The van der Waals surface area contributed by atoms with Crippen LogP contribution in [0.25, 0.3) is 16.7 Å². The number of unbranched alkanes of at least 4 members (excludes halogenated alkanes) is 2. The number of fused-ring (bicyclic) bond motifs is 1. The van der Waals surface area contributed by atoms with Crippen molar-refractivity contribution < 1.29 is 49.0 Å². The van der Waals surface area contributed by atoms with Crippen molar-refractivity contribution in [1.82, 2.24) is 19.7 Å². The van der Waals surface area contributed by atoms with E-state index in [4.69, 9.17) is 27.9 Å². The molecule has 18 heteroatoms. The largest absolute Gasteiger partial charge is 0.466 e. The second-order valence-corrected chi connectivity index (χ2v) is 8.78. The molecule has 0 spiro atoms. The Morgan fingerprint density at radius 2 is 1.54 bits per heavy atom. The molecule has 0 amide bonds. The van der Waals surface area contributed by atoms with Gasteiger partial charge in [0.05, 0.1) is 27.6 Å². The van der Waals surface area contributed by atoms with Gasteiger partial charge in [-0.1, -0.05) is 23.2 Å². The molecule has 0 aliphatic carbocycles. The normalized spacial score (nSPS) is 12.7. The number of carbonyl (C=O) groups is 1. The SMILES string of the molecule is CC(=O)OCCCCCNc1c2c(C(F)(F)F)nc(C(F)(F)F)nc2nn1-c1c(Cl)cc(C(F)(F)F)cc1Cl. The lowest BCUT2D eigenvalue weighted by atomic mass is 10.2. The topological polar surface area (TPSA) is 81.9 Å². The van der Waals surface area contributed by atoms with Crippen LogP contribution in [0.2, 0.25) is 10.0 Å². The summed E-state index contributed by atoms with van der Waals surface area (Å²) in [7, 11) is 0. The Morgan fingerprint density at radius 3 is 2.05 bits per heavy atom. The molecule has 2 heterocycles. The van der Waals surface area contributed by atoms with Gasteiger partial charge in [0, 0.05) is 13.5 Å². The number of carbonyl (C=O) groups excluding carboxylic acids is 1. The highest BCUT2D eigenvalue weighted by Gasteiger charge is 2.43. The van der Waals surface area contributed by atoms with E-state index in [-0.39, 0.29) is 19.6 Å². The lowest BCUT2D eigenvalue weighted by molar-refractivity contribution is -0.151. The summed E-state index contributed by atoms with van der Waals surface area (Å²) in [6, 6.07) is 0.872. The van der Waals surface area contributed by atoms with Gasteiger partial charge in [-0.2, -0.15) is 39.5 Å². The van der Waals surface area contributed by atoms with Crippen LogP contribution in [0, 0.1) is 0 Å². The monoisotopic (exact) mass is 611 g/mol. The summed E-state index contributed by atoms with van der Waals surface area (Å²) in [6.45, 7) is 1.20. The van der Waals surface area contributed by atoms with Crippen molar-refractivity contribution in [2.75, 3.05) is 18.5 Å². The fraction of sp³-hybridized carbons (Fsp3) is 0.429. The van der Waals surface area contributed by atoms with Crippen LogP contribution < -0.4 is 5.32 Å². The molecule has 2 aromatic heterocycles. The molecule has 0 radical (unpaired) electrons. The van der Waals surface area contributed by atoms with Gasteiger partial charge in [0.1, 0.15) is 11.5 Å². The average molecular weight is 612 g/mol. The number of alkyl halides is 9. The third-order valence-electron chi connectivity index (χ3n) is 5.03. The summed E-state index contributed by atoms with van der Waals surface area (Å²) < 4.78 is 126. The van der Waals surface area contributed by atoms with Gasteiger partial charge in [0.15, 0.2) is 11.3 Å². The number of hydrogen-bond acceptors (Lipinski definition) is 6. The van der Waals surface area contributed by atoms with E-state index in [9.17, 15) is 44.3 Å². The molecule has 1 aromatic carbocycles. The second kappa shape index (κ2) is 11.2. The maximum Gasteiger partial charge on any atom is 0.451 e. The van der Waals surface area contributed by atoms with Gasteiger partial charge < -0.3 is 10.1 Å². The summed E-state index contributed by atoms with van der Waals surface area (Å²) in [5.74, 6) is -3.24. The van der Waals surface area contributed by atoms with Crippen molar-refractivity contribution in [2.24, 2.45) is 0 Å². The Bertz CT molecular complexity index is 1350. The Kier molecular flexibility index (Phi) is 8.79. The molecule has 3 rings (SSSR count). The molecule has 39 heavy (non-hydrogen) atoms. The maximum absolute atomic E-state index is 13.9. The molecule has 0 saturated heterocycles. The number of aromatic nitrogens is 4. The highest BCUT2D eigenvalue weighted by molar-refractivity contribution is 6.38. The van der Waals surface area contributed by atoms with Gasteiger partial charge in [-0.05, 0) is 31.4 Å². The lowest BCUT2D eigenvalue weighted by Gasteiger charge is -2.16. The molecule has 0 fully saturated rings. The summed E-state index contributed by atoms with van der Waals surface area (Å²) in [6.07, 6.45) is -14.6. The number of nitrogens with one attached hydrogen (secondary N) is 1. The van der Waals surface area contributed by atoms with E-state index in [1.807, 2.05) is 0 Å². The van der Waals surface area contributed by atoms with Crippen molar-refractivity contribution in [2.45, 2.75) is 44.7 Å². The van der Waals surface area contributed by atoms with Crippen LogP contribution in [0.15, 0.2) is 12.1 Å². The van der Waals surface area contributed by atoms with Gasteiger partial charge in [-0.25, -0.2) is 14.6 Å². The first-order valence-electron chi connectivity index (χ1n) is 10.8. The summed E-state index contributed by atoms with van der Waals surface area (Å²) in [4.78, 5) is 16.6. The third kappa shape index (κ3) is 7.15. The summed E-state index contributed by atoms with van der Waals surface area (Å²) in [5.41, 5.74) is -4.87. The third-order valence-corrected chi connectivity index (χ3v) is 5.61. The van der Waals surface area contributed by atoms with Crippen molar-refractivity contribution in [3.05, 3.63) is 39.3 Å². The zero-order valence-electron chi connectivity index (χ0n) is 19.5. The highest BCUT2D eigenvalue weighted by atomic mass is 35.5. The Hall–Kier alpha value is -3.01. The van der Waals surface area contributed by atoms with Crippen molar-refractivity contribution in [1.29, 1.82) is 0 Å².